The topological polar surface area (TPSA) is 75.6 Å². The SMILES string of the molecule is CC(CNC(=O)CCCOCc1ccccc1)C(=O)O. The van der Waals surface area contributed by atoms with Crippen molar-refractivity contribution in [1.29, 1.82) is 0 Å². The average molecular weight is 279 g/mol. The predicted molar refractivity (Wildman–Crippen MR) is 75.1 cm³/mol. The summed E-state index contributed by atoms with van der Waals surface area (Å²) in [5.41, 5.74) is 1.10. The first-order chi connectivity index (χ1) is 9.59. The average Bonchev–Trinajstić information content (AvgIpc) is 2.45. The molecule has 0 heterocycles. The van der Waals surface area contributed by atoms with Crippen LogP contribution in [0.2, 0.25) is 0 Å². The Morgan fingerprint density at radius 2 is 2.00 bits per heavy atom. The lowest BCUT2D eigenvalue weighted by Gasteiger charge is -2.08. The Labute approximate surface area is 118 Å². The van der Waals surface area contributed by atoms with Crippen molar-refractivity contribution < 1.29 is 19.4 Å². The van der Waals surface area contributed by atoms with Gasteiger partial charge in [0.25, 0.3) is 0 Å². The van der Waals surface area contributed by atoms with Gasteiger partial charge in [-0.15, -0.1) is 0 Å². The van der Waals surface area contributed by atoms with Crippen LogP contribution in [0, 0.1) is 5.92 Å². The van der Waals surface area contributed by atoms with Crippen molar-refractivity contribution >= 4 is 11.9 Å². The second-order valence-corrected chi connectivity index (χ2v) is 4.69. The molecular formula is C15H21NO4. The highest BCUT2D eigenvalue weighted by Crippen LogP contribution is 2.01. The molecule has 5 nitrogen and oxygen atoms in total. The van der Waals surface area contributed by atoms with Crippen molar-refractivity contribution in [2.75, 3.05) is 13.2 Å². The van der Waals surface area contributed by atoms with Crippen LogP contribution in [0.1, 0.15) is 25.3 Å². The molecule has 2 N–H and O–H groups in total. The Kier molecular flexibility index (Phi) is 7.35. The van der Waals surface area contributed by atoms with E-state index >= 15 is 0 Å². The normalized spacial score (nSPS) is 11.8. The lowest BCUT2D eigenvalue weighted by Crippen LogP contribution is -2.31. The molecule has 1 unspecified atom stereocenters. The van der Waals surface area contributed by atoms with Crippen LogP contribution in [0.3, 0.4) is 0 Å². The van der Waals surface area contributed by atoms with Gasteiger partial charge in [0, 0.05) is 19.6 Å². The molecule has 0 aliphatic heterocycles. The fraction of sp³-hybridized carbons (Fsp3) is 0.467. The van der Waals surface area contributed by atoms with Crippen LogP contribution in [0.4, 0.5) is 0 Å². The summed E-state index contributed by atoms with van der Waals surface area (Å²) in [5, 5.41) is 11.3. The van der Waals surface area contributed by atoms with Gasteiger partial charge in [0.05, 0.1) is 12.5 Å². The van der Waals surface area contributed by atoms with Gasteiger partial charge in [0.1, 0.15) is 0 Å². The zero-order valence-electron chi connectivity index (χ0n) is 11.7. The van der Waals surface area contributed by atoms with Crippen LogP contribution < -0.4 is 5.32 Å². The number of carbonyl (C=O) groups is 2. The summed E-state index contributed by atoms with van der Waals surface area (Å²) in [7, 11) is 0. The first-order valence-electron chi connectivity index (χ1n) is 6.70. The molecule has 1 rings (SSSR count). The number of amides is 1. The van der Waals surface area contributed by atoms with Gasteiger partial charge in [0.15, 0.2) is 0 Å². The summed E-state index contributed by atoms with van der Waals surface area (Å²) in [5.74, 6) is -1.61. The molecule has 0 aromatic heterocycles. The molecule has 0 bridgehead atoms. The number of hydrogen-bond donors (Lipinski definition) is 2. The van der Waals surface area contributed by atoms with Gasteiger partial charge < -0.3 is 15.2 Å². The molecule has 1 atom stereocenters. The van der Waals surface area contributed by atoms with E-state index in [0.717, 1.165) is 5.56 Å². The summed E-state index contributed by atoms with van der Waals surface area (Å²) in [6.45, 7) is 2.78. The van der Waals surface area contributed by atoms with Gasteiger partial charge >= 0.3 is 5.97 Å². The lowest BCUT2D eigenvalue weighted by molar-refractivity contribution is -0.141. The summed E-state index contributed by atoms with van der Waals surface area (Å²) >= 11 is 0. The standard InChI is InChI=1S/C15H21NO4/c1-12(15(18)19)10-16-14(17)8-5-9-20-11-13-6-3-2-4-7-13/h2-4,6-7,12H,5,8-11H2,1H3,(H,16,17)(H,18,19). The van der Waals surface area contributed by atoms with Crippen LogP contribution in [-0.2, 0) is 20.9 Å². The van der Waals surface area contributed by atoms with E-state index in [1.165, 1.54) is 0 Å². The minimum Gasteiger partial charge on any atom is -0.481 e. The molecule has 0 saturated heterocycles. The first kappa shape index (κ1) is 16.2. The van der Waals surface area contributed by atoms with Crippen molar-refractivity contribution in [3.05, 3.63) is 35.9 Å². The molecule has 110 valence electrons. The molecule has 0 aliphatic rings. The Hall–Kier alpha value is -1.88. The number of nitrogens with one attached hydrogen (secondary N) is 1. The minimum absolute atomic E-state index is 0.138. The minimum atomic E-state index is -0.906. The lowest BCUT2D eigenvalue weighted by atomic mass is 10.2. The Morgan fingerprint density at radius 1 is 1.30 bits per heavy atom. The van der Waals surface area contributed by atoms with E-state index < -0.39 is 11.9 Å². The van der Waals surface area contributed by atoms with Crippen LogP contribution >= 0.6 is 0 Å². The van der Waals surface area contributed by atoms with Crippen LogP contribution in [-0.4, -0.2) is 30.1 Å². The number of benzene rings is 1. The quantitative estimate of drug-likeness (QED) is 0.676. The first-order valence-corrected chi connectivity index (χ1v) is 6.70. The van der Waals surface area contributed by atoms with Crippen molar-refractivity contribution in [2.24, 2.45) is 5.92 Å². The molecule has 0 aliphatic carbocycles. The fourth-order valence-electron chi connectivity index (χ4n) is 1.54. The third-order valence-corrected chi connectivity index (χ3v) is 2.83. The number of carboxylic acid groups (broad SMARTS) is 1. The zero-order valence-corrected chi connectivity index (χ0v) is 11.7. The maximum absolute atomic E-state index is 11.4. The van der Waals surface area contributed by atoms with E-state index in [2.05, 4.69) is 5.32 Å². The van der Waals surface area contributed by atoms with Crippen molar-refractivity contribution in [3.8, 4) is 0 Å². The Balaban J connectivity index is 2.03. The van der Waals surface area contributed by atoms with Crippen LogP contribution in [0.5, 0.6) is 0 Å². The van der Waals surface area contributed by atoms with E-state index in [9.17, 15) is 9.59 Å². The number of ether oxygens (including phenoxy) is 1. The van der Waals surface area contributed by atoms with E-state index in [4.69, 9.17) is 9.84 Å². The summed E-state index contributed by atoms with van der Waals surface area (Å²) in [4.78, 5) is 22.0. The number of hydrogen-bond acceptors (Lipinski definition) is 3. The summed E-state index contributed by atoms with van der Waals surface area (Å²) in [6, 6.07) is 9.83. The number of rotatable bonds is 9. The predicted octanol–water partition coefficient (Wildman–Crippen LogP) is 1.82. The Bertz CT molecular complexity index is 419. The highest BCUT2D eigenvalue weighted by atomic mass is 16.5. The highest BCUT2D eigenvalue weighted by molar-refractivity contribution is 5.77. The molecule has 1 aromatic carbocycles. The van der Waals surface area contributed by atoms with Crippen molar-refractivity contribution in [3.63, 3.8) is 0 Å². The fourth-order valence-corrected chi connectivity index (χ4v) is 1.54. The second-order valence-electron chi connectivity index (χ2n) is 4.69. The van der Waals surface area contributed by atoms with E-state index in [-0.39, 0.29) is 12.5 Å². The molecule has 20 heavy (non-hydrogen) atoms. The zero-order chi connectivity index (χ0) is 14.8. The van der Waals surface area contributed by atoms with Gasteiger partial charge in [-0.25, -0.2) is 0 Å². The maximum Gasteiger partial charge on any atom is 0.308 e. The third-order valence-electron chi connectivity index (χ3n) is 2.83. The van der Waals surface area contributed by atoms with Crippen molar-refractivity contribution in [1.82, 2.24) is 5.32 Å². The molecule has 5 heteroatoms. The van der Waals surface area contributed by atoms with E-state index in [1.54, 1.807) is 6.92 Å². The van der Waals surface area contributed by atoms with Crippen LogP contribution in [0.25, 0.3) is 0 Å². The van der Waals surface area contributed by atoms with Gasteiger partial charge in [-0.3, -0.25) is 9.59 Å². The van der Waals surface area contributed by atoms with E-state index in [1.807, 2.05) is 30.3 Å². The van der Waals surface area contributed by atoms with Gasteiger partial charge in [0.2, 0.25) is 5.91 Å². The maximum atomic E-state index is 11.4. The summed E-state index contributed by atoms with van der Waals surface area (Å²) in [6.07, 6.45) is 0.973. The monoisotopic (exact) mass is 279 g/mol. The highest BCUT2D eigenvalue weighted by Gasteiger charge is 2.11. The second kappa shape index (κ2) is 9.09. The van der Waals surface area contributed by atoms with Gasteiger partial charge in [-0.1, -0.05) is 37.3 Å². The molecule has 1 amide bonds. The number of aliphatic carboxylic acids is 1. The molecule has 0 radical (unpaired) electrons. The van der Waals surface area contributed by atoms with Crippen molar-refractivity contribution in [2.45, 2.75) is 26.4 Å². The number of carbonyl (C=O) groups excluding carboxylic acids is 1. The molecule has 1 aromatic rings. The summed E-state index contributed by atoms with van der Waals surface area (Å²) < 4.78 is 5.46. The van der Waals surface area contributed by atoms with Gasteiger partial charge in [-0.05, 0) is 12.0 Å². The Morgan fingerprint density at radius 3 is 2.65 bits per heavy atom. The third kappa shape index (κ3) is 6.89. The number of carboxylic acids is 1. The molecular weight excluding hydrogens is 258 g/mol. The largest absolute Gasteiger partial charge is 0.481 e. The molecule has 0 spiro atoms. The van der Waals surface area contributed by atoms with E-state index in [0.29, 0.717) is 26.1 Å². The van der Waals surface area contributed by atoms with Gasteiger partial charge in [-0.2, -0.15) is 0 Å². The smallest absolute Gasteiger partial charge is 0.308 e. The molecule has 0 fully saturated rings. The van der Waals surface area contributed by atoms with Crippen LogP contribution in [0.15, 0.2) is 30.3 Å². The molecule has 0 saturated carbocycles.